The summed E-state index contributed by atoms with van der Waals surface area (Å²) >= 11 is 0. The van der Waals surface area contributed by atoms with E-state index in [1.165, 1.54) is 17.8 Å². The lowest BCUT2D eigenvalue weighted by Crippen LogP contribution is -2.49. The average Bonchev–Trinajstić information content (AvgIpc) is 3.40. The Morgan fingerprint density at radius 3 is 2.26 bits per heavy atom. The summed E-state index contributed by atoms with van der Waals surface area (Å²) in [4.78, 5) is 36.5. The Morgan fingerprint density at radius 1 is 1.09 bits per heavy atom. The second-order valence-electron chi connectivity index (χ2n) is 8.67. The number of fused-ring (bicyclic) bond motifs is 3. The van der Waals surface area contributed by atoms with Gasteiger partial charge in [-0.25, -0.2) is 9.59 Å². The summed E-state index contributed by atoms with van der Waals surface area (Å²) < 4.78 is 6.80. The number of rotatable bonds is 7. The third kappa shape index (κ3) is 3.89. The number of nitrogens with zero attached hydrogens (tertiary/aromatic N) is 2. The van der Waals surface area contributed by atoms with Gasteiger partial charge in [0.05, 0.1) is 12.2 Å². The molecule has 34 heavy (non-hydrogen) atoms. The van der Waals surface area contributed by atoms with Crippen molar-refractivity contribution in [2.75, 3.05) is 6.61 Å². The zero-order chi connectivity index (χ0) is 23.9. The molecule has 2 amide bonds. The summed E-state index contributed by atoms with van der Waals surface area (Å²) in [5, 5.41) is 18.7. The normalized spacial score (nSPS) is 15.2. The number of hydrogen-bond acceptors (Lipinski definition) is 5. The van der Waals surface area contributed by atoms with Crippen molar-refractivity contribution in [3.63, 3.8) is 0 Å². The van der Waals surface area contributed by atoms with Crippen LogP contribution in [-0.2, 0) is 23.1 Å². The van der Waals surface area contributed by atoms with Crippen molar-refractivity contribution < 1.29 is 24.2 Å². The molecule has 3 aromatic rings. The van der Waals surface area contributed by atoms with Gasteiger partial charge in [-0.15, -0.1) is 0 Å². The molecule has 0 radical (unpaired) electrons. The smallest absolute Gasteiger partial charge is 0.408 e. The zero-order valence-corrected chi connectivity index (χ0v) is 18.6. The molecule has 2 aliphatic carbocycles. The molecule has 1 aromatic heterocycles. The van der Waals surface area contributed by atoms with Crippen LogP contribution in [0.1, 0.15) is 46.1 Å². The molecular weight excluding hydrogens is 436 g/mol. The standard InChI is InChI=1S/C25H24N4O5/c1-29-21(22(30)31)12-15(28-29)13-26-23(32)25(10-11-25)27-24(33)34-14-20-18-8-4-2-6-16(18)17-7-3-5-9-19(17)20/h2-9,12,20H,10-11,13-14H2,1H3,(H,26,32)(H,27,33)(H,30,31). The number of benzene rings is 2. The Kier molecular flexibility index (Phi) is 5.31. The summed E-state index contributed by atoms with van der Waals surface area (Å²) in [6.07, 6.45) is 0.373. The molecule has 1 heterocycles. The van der Waals surface area contributed by atoms with E-state index in [9.17, 15) is 14.4 Å². The molecule has 0 saturated heterocycles. The maximum Gasteiger partial charge on any atom is 0.408 e. The average molecular weight is 460 g/mol. The van der Waals surface area contributed by atoms with Gasteiger partial charge in [-0.2, -0.15) is 5.10 Å². The molecule has 2 aliphatic rings. The van der Waals surface area contributed by atoms with Gasteiger partial charge in [0, 0.05) is 13.0 Å². The lowest BCUT2D eigenvalue weighted by molar-refractivity contribution is -0.124. The predicted molar refractivity (Wildman–Crippen MR) is 122 cm³/mol. The summed E-state index contributed by atoms with van der Waals surface area (Å²) in [5.74, 6) is -1.50. The van der Waals surface area contributed by atoms with Crippen molar-refractivity contribution in [2.24, 2.45) is 7.05 Å². The summed E-state index contributed by atoms with van der Waals surface area (Å²) in [6.45, 7) is 0.234. The fourth-order valence-corrected chi connectivity index (χ4v) is 4.52. The van der Waals surface area contributed by atoms with Crippen molar-refractivity contribution in [3.05, 3.63) is 77.1 Å². The first kappa shape index (κ1) is 21.7. The number of nitrogens with one attached hydrogen (secondary N) is 2. The van der Waals surface area contributed by atoms with Crippen LogP contribution in [0.3, 0.4) is 0 Å². The Hall–Kier alpha value is -4.14. The number of amides is 2. The quantitative estimate of drug-likeness (QED) is 0.498. The second kappa shape index (κ2) is 8.33. The first-order chi connectivity index (χ1) is 16.4. The number of carboxylic acids is 1. The number of carbonyl (C=O) groups excluding carboxylic acids is 2. The second-order valence-corrected chi connectivity index (χ2v) is 8.67. The van der Waals surface area contributed by atoms with E-state index in [-0.39, 0.29) is 30.7 Å². The maximum absolute atomic E-state index is 12.7. The van der Waals surface area contributed by atoms with E-state index in [0.717, 1.165) is 22.3 Å². The van der Waals surface area contributed by atoms with Crippen LogP contribution in [-0.4, -0.2) is 45.0 Å². The Morgan fingerprint density at radius 2 is 1.71 bits per heavy atom. The van der Waals surface area contributed by atoms with Crippen LogP contribution in [0.2, 0.25) is 0 Å². The fraction of sp³-hybridized carbons (Fsp3) is 0.280. The minimum absolute atomic E-state index is 0.0298. The summed E-state index contributed by atoms with van der Waals surface area (Å²) in [6, 6.07) is 17.6. The largest absolute Gasteiger partial charge is 0.477 e. The van der Waals surface area contributed by atoms with Crippen LogP contribution in [0, 0.1) is 0 Å². The van der Waals surface area contributed by atoms with Gasteiger partial charge in [-0.1, -0.05) is 48.5 Å². The van der Waals surface area contributed by atoms with Crippen LogP contribution in [0.4, 0.5) is 4.79 Å². The van der Waals surface area contributed by atoms with E-state index in [1.54, 1.807) is 0 Å². The third-order valence-electron chi connectivity index (χ3n) is 6.45. The Labute approximate surface area is 195 Å². The molecule has 0 atom stereocenters. The maximum atomic E-state index is 12.7. The lowest BCUT2D eigenvalue weighted by Gasteiger charge is -2.19. The molecule has 0 aliphatic heterocycles. The third-order valence-corrected chi connectivity index (χ3v) is 6.45. The molecule has 9 heteroatoms. The van der Waals surface area contributed by atoms with Crippen molar-refractivity contribution in [1.82, 2.24) is 20.4 Å². The highest BCUT2D eigenvalue weighted by Crippen LogP contribution is 2.44. The van der Waals surface area contributed by atoms with E-state index in [0.29, 0.717) is 18.5 Å². The summed E-state index contributed by atoms with van der Waals surface area (Å²) in [5.41, 5.74) is 3.97. The minimum atomic E-state index is -1.09. The van der Waals surface area contributed by atoms with Gasteiger partial charge in [0.2, 0.25) is 5.91 Å². The van der Waals surface area contributed by atoms with Crippen molar-refractivity contribution in [2.45, 2.75) is 30.8 Å². The van der Waals surface area contributed by atoms with Crippen molar-refractivity contribution in [1.29, 1.82) is 0 Å². The van der Waals surface area contributed by atoms with Crippen molar-refractivity contribution >= 4 is 18.0 Å². The van der Waals surface area contributed by atoms with Crippen LogP contribution >= 0.6 is 0 Å². The highest BCUT2D eigenvalue weighted by atomic mass is 16.5. The molecule has 9 nitrogen and oxygen atoms in total. The monoisotopic (exact) mass is 460 g/mol. The van der Waals surface area contributed by atoms with Gasteiger partial charge < -0.3 is 20.5 Å². The van der Waals surface area contributed by atoms with Crippen molar-refractivity contribution in [3.8, 4) is 11.1 Å². The van der Waals surface area contributed by atoms with E-state index >= 15 is 0 Å². The molecule has 0 spiro atoms. The van der Waals surface area contributed by atoms with Gasteiger partial charge >= 0.3 is 12.1 Å². The number of aromatic nitrogens is 2. The first-order valence-corrected chi connectivity index (χ1v) is 11.1. The lowest BCUT2D eigenvalue weighted by atomic mass is 9.98. The zero-order valence-electron chi connectivity index (χ0n) is 18.6. The molecule has 0 bridgehead atoms. The van der Waals surface area contributed by atoms with Gasteiger partial charge in [0.25, 0.3) is 0 Å². The van der Waals surface area contributed by atoms with Gasteiger partial charge in [0.1, 0.15) is 17.8 Å². The van der Waals surface area contributed by atoms with Gasteiger partial charge in [0.15, 0.2) is 0 Å². The molecule has 174 valence electrons. The summed E-state index contributed by atoms with van der Waals surface area (Å²) in [7, 11) is 1.52. The van der Waals surface area contributed by atoms with Crippen LogP contribution in [0.25, 0.3) is 11.1 Å². The number of aryl methyl sites for hydroxylation is 1. The topological polar surface area (TPSA) is 123 Å². The Bertz CT molecular complexity index is 1250. The van der Waals surface area contributed by atoms with E-state index in [2.05, 4.69) is 27.9 Å². The van der Waals surface area contributed by atoms with Crippen LogP contribution in [0.15, 0.2) is 54.6 Å². The molecule has 0 unspecified atom stereocenters. The van der Waals surface area contributed by atoms with Crippen LogP contribution < -0.4 is 10.6 Å². The highest BCUT2D eigenvalue weighted by Gasteiger charge is 2.51. The Balaban J connectivity index is 1.19. The molecule has 3 N–H and O–H groups in total. The number of carboxylic acid groups (broad SMARTS) is 1. The molecule has 5 rings (SSSR count). The molecule has 1 saturated carbocycles. The SMILES string of the molecule is Cn1nc(CNC(=O)C2(NC(=O)OCC3c4ccccc4-c4ccccc43)CC2)cc1C(=O)O. The number of carbonyl (C=O) groups is 3. The molecule has 1 fully saturated rings. The number of alkyl carbamates (subject to hydrolysis) is 1. The molecular formula is C25H24N4O5. The van der Waals surface area contributed by atoms with Gasteiger partial charge in [-0.05, 0) is 41.2 Å². The van der Waals surface area contributed by atoms with E-state index in [1.807, 2.05) is 36.4 Å². The number of ether oxygens (including phenoxy) is 1. The van der Waals surface area contributed by atoms with Gasteiger partial charge in [-0.3, -0.25) is 9.48 Å². The minimum Gasteiger partial charge on any atom is -0.477 e. The first-order valence-electron chi connectivity index (χ1n) is 11.1. The highest BCUT2D eigenvalue weighted by molar-refractivity contribution is 5.93. The number of aromatic carboxylic acids is 1. The van der Waals surface area contributed by atoms with E-state index in [4.69, 9.17) is 9.84 Å². The predicted octanol–water partition coefficient (Wildman–Crippen LogP) is 2.81. The fourth-order valence-electron chi connectivity index (χ4n) is 4.52. The molecule has 2 aromatic carbocycles. The van der Waals surface area contributed by atoms with Crippen LogP contribution in [0.5, 0.6) is 0 Å². The van der Waals surface area contributed by atoms with E-state index < -0.39 is 17.6 Å². The number of hydrogen-bond donors (Lipinski definition) is 3.